The van der Waals surface area contributed by atoms with Crippen molar-refractivity contribution in [3.63, 3.8) is 0 Å². The van der Waals surface area contributed by atoms with Gasteiger partial charge in [-0.2, -0.15) is 0 Å². The maximum atomic E-state index is 13.1. The predicted molar refractivity (Wildman–Crippen MR) is 96.3 cm³/mol. The zero-order valence-electron chi connectivity index (χ0n) is 15.9. The Balaban J connectivity index is 1.86. The number of rotatable bonds is 4. The van der Waals surface area contributed by atoms with E-state index < -0.39 is 0 Å². The fourth-order valence-corrected chi connectivity index (χ4v) is 3.11. The van der Waals surface area contributed by atoms with E-state index in [-0.39, 0.29) is 17.9 Å². The molecule has 3 heterocycles. The van der Waals surface area contributed by atoms with Crippen LogP contribution in [0.2, 0.25) is 0 Å². The Morgan fingerprint density at radius 2 is 2.04 bits per heavy atom. The number of morpholine rings is 1. The number of nitrogens with zero attached hydrogens (tertiary/aromatic N) is 5. The van der Waals surface area contributed by atoms with Crippen molar-refractivity contribution >= 4 is 11.7 Å². The van der Waals surface area contributed by atoms with Crippen LogP contribution in [0.3, 0.4) is 0 Å². The topological polar surface area (TPSA) is 84.6 Å². The van der Waals surface area contributed by atoms with Gasteiger partial charge in [0.1, 0.15) is 23.1 Å². The average Bonchev–Trinajstić information content (AvgIpc) is 3.03. The number of aromatic nitrogens is 3. The van der Waals surface area contributed by atoms with Gasteiger partial charge in [0, 0.05) is 33.0 Å². The lowest BCUT2D eigenvalue weighted by molar-refractivity contribution is -0.0247. The third-order valence-electron chi connectivity index (χ3n) is 4.44. The van der Waals surface area contributed by atoms with E-state index in [2.05, 4.69) is 15.1 Å². The molecule has 2 aromatic rings. The Hall–Kier alpha value is -2.48. The molecule has 0 aliphatic carbocycles. The molecule has 1 amide bonds. The highest BCUT2D eigenvalue weighted by Gasteiger charge is 2.32. The monoisotopic (exact) mass is 359 g/mol. The molecule has 2 aromatic heterocycles. The summed E-state index contributed by atoms with van der Waals surface area (Å²) in [6.45, 7) is 7.16. The van der Waals surface area contributed by atoms with Gasteiger partial charge < -0.3 is 19.1 Å². The summed E-state index contributed by atoms with van der Waals surface area (Å²) in [5, 5.41) is 4.06. The number of carbonyl (C=O) groups excluding carboxylic acids is 1. The van der Waals surface area contributed by atoms with Crippen molar-refractivity contribution in [1.82, 2.24) is 20.0 Å². The van der Waals surface area contributed by atoms with E-state index in [9.17, 15) is 4.79 Å². The maximum absolute atomic E-state index is 13.1. The van der Waals surface area contributed by atoms with Gasteiger partial charge in [0.2, 0.25) is 0 Å². The molecule has 8 nitrogen and oxygen atoms in total. The molecular weight excluding hydrogens is 334 g/mol. The van der Waals surface area contributed by atoms with Crippen LogP contribution in [0.15, 0.2) is 16.9 Å². The third-order valence-corrected chi connectivity index (χ3v) is 4.44. The number of carbonyl (C=O) groups is 1. The summed E-state index contributed by atoms with van der Waals surface area (Å²) in [5.74, 6) is 1.34. The summed E-state index contributed by atoms with van der Waals surface area (Å²) in [6.07, 6.45) is 2.98. The fraction of sp³-hybridized carbons (Fsp3) is 0.556. The summed E-state index contributed by atoms with van der Waals surface area (Å²) in [4.78, 5) is 25.6. The van der Waals surface area contributed by atoms with Crippen LogP contribution in [-0.2, 0) is 4.74 Å². The quantitative estimate of drug-likeness (QED) is 0.827. The van der Waals surface area contributed by atoms with Gasteiger partial charge in [-0.25, -0.2) is 4.98 Å². The average molecular weight is 359 g/mol. The Bertz CT molecular complexity index is 787. The van der Waals surface area contributed by atoms with Crippen molar-refractivity contribution in [2.45, 2.75) is 32.8 Å². The van der Waals surface area contributed by atoms with Gasteiger partial charge >= 0.3 is 0 Å². The number of anilines is 1. The summed E-state index contributed by atoms with van der Waals surface area (Å²) in [6, 6.07) is 0. The molecule has 3 rings (SSSR count). The van der Waals surface area contributed by atoms with Crippen molar-refractivity contribution in [3.8, 4) is 0 Å². The molecule has 1 saturated heterocycles. The highest BCUT2D eigenvalue weighted by Crippen LogP contribution is 2.29. The second kappa shape index (κ2) is 7.41. The zero-order chi connectivity index (χ0) is 18.8. The molecule has 0 bridgehead atoms. The van der Waals surface area contributed by atoms with Gasteiger partial charge in [0.05, 0.1) is 18.8 Å². The molecule has 0 unspecified atom stereocenters. The van der Waals surface area contributed by atoms with E-state index in [4.69, 9.17) is 9.26 Å². The summed E-state index contributed by atoms with van der Waals surface area (Å²) in [7, 11) is 3.82. The lowest BCUT2D eigenvalue weighted by Gasteiger charge is -2.33. The Morgan fingerprint density at radius 1 is 1.31 bits per heavy atom. The number of hydrogen-bond acceptors (Lipinski definition) is 7. The first-order valence-electron chi connectivity index (χ1n) is 8.75. The second-order valence-electron chi connectivity index (χ2n) is 6.92. The summed E-state index contributed by atoms with van der Waals surface area (Å²) in [5.41, 5.74) is 2.00. The maximum Gasteiger partial charge on any atom is 0.259 e. The Labute approximate surface area is 153 Å². The fourth-order valence-electron chi connectivity index (χ4n) is 3.11. The van der Waals surface area contributed by atoms with Gasteiger partial charge in [-0.15, -0.1) is 0 Å². The Morgan fingerprint density at radius 3 is 2.73 bits per heavy atom. The van der Waals surface area contributed by atoms with Gasteiger partial charge in [0.25, 0.3) is 5.91 Å². The number of hydrogen-bond donors (Lipinski definition) is 0. The summed E-state index contributed by atoms with van der Waals surface area (Å²) >= 11 is 0. The minimum atomic E-state index is -0.318. The van der Waals surface area contributed by atoms with E-state index in [1.807, 2.05) is 32.8 Å². The standard InChI is InChI=1S/C18H25N5O3/c1-11(2)15-14(12(3)26-21-15)18(24)23-8-9-25-13(10-23)16-17(22(4)5)20-7-6-19-16/h6-7,11,13H,8-10H2,1-5H3/t13-/m0/s1. The molecule has 140 valence electrons. The molecule has 1 aliphatic heterocycles. The van der Waals surface area contributed by atoms with Crippen LogP contribution < -0.4 is 4.90 Å². The number of ether oxygens (including phenoxy) is 1. The minimum Gasteiger partial charge on any atom is -0.368 e. The van der Waals surface area contributed by atoms with E-state index >= 15 is 0 Å². The van der Waals surface area contributed by atoms with Crippen molar-refractivity contribution < 1.29 is 14.1 Å². The van der Waals surface area contributed by atoms with Gasteiger partial charge in [-0.3, -0.25) is 9.78 Å². The van der Waals surface area contributed by atoms with Crippen molar-refractivity contribution in [2.24, 2.45) is 0 Å². The van der Waals surface area contributed by atoms with Crippen LogP contribution >= 0.6 is 0 Å². The largest absolute Gasteiger partial charge is 0.368 e. The van der Waals surface area contributed by atoms with Crippen LogP contribution in [0.5, 0.6) is 0 Å². The van der Waals surface area contributed by atoms with Gasteiger partial charge in [0.15, 0.2) is 5.82 Å². The van der Waals surface area contributed by atoms with Crippen LogP contribution in [0.4, 0.5) is 5.82 Å². The van der Waals surface area contributed by atoms with E-state index in [0.717, 1.165) is 11.5 Å². The van der Waals surface area contributed by atoms with Crippen LogP contribution in [0, 0.1) is 6.92 Å². The molecule has 1 atom stereocenters. The highest BCUT2D eigenvalue weighted by atomic mass is 16.5. The second-order valence-corrected chi connectivity index (χ2v) is 6.92. The Kier molecular flexibility index (Phi) is 5.22. The highest BCUT2D eigenvalue weighted by molar-refractivity contribution is 5.96. The van der Waals surface area contributed by atoms with E-state index in [1.54, 1.807) is 24.2 Å². The molecule has 1 fully saturated rings. The molecule has 0 aromatic carbocycles. The first-order valence-corrected chi connectivity index (χ1v) is 8.75. The molecule has 0 saturated carbocycles. The predicted octanol–water partition coefficient (Wildman–Crippen LogP) is 2.18. The number of aryl methyl sites for hydroxylation is 1. The van der Waals surface area contributed by atoms with E-state index in [0.29, 0.717) is 36.7 Å². The van der Waals surface area contributed by atoms with Crippen LogP contribution in [0.25, 0.3) is 0 Å². The number of amides is 1. The molecule has 0 spiro atoms. The molecule has 8 heteroatoms. The van der Waals surface area contributed by atoms with Crippen molar-refractivity contribution in [3.05, 3.63) is 35.1 Å². The van der Waals surface area contributed by atoms with Gasteiger partial charge in [-0.05, 0) is 12.8 Å². The smallest absolute Gasteiger partial charge is 0.259 e. The van der Waals surface area contributed by atoms with Crippen LogP contribution in [0.1, 0.15) is 53.4 Å². The molecule has 1 aliphatic rings. The SMILES string of the molecule is Cc1onc(C(C)C)c1C(=O)N1CCO[C@H](c2nccnc2N(C)C)C1. The van der Waals surface area contributed by atoms with Crippen molar-refractivity contribution in [1.29, 1.82) is 0 Å². The third kappa shape index (κ3) is 3.41. The summed E-state index contributed by atoms with van der Waals surface area (Å²) < 4.78 is 11.2. The lowest BCUT2D eigenvalue weighted by atomic mass is 10.0. The molecular formula is C18H25N5O3. The first-order chi connectivity index (χ1) is 12.4. The molecule has 0 radical (unpaired) electrons. The van der Waals surface area contributed by atoms with Crippen LogP contribution in [-0.4, -0.2) is 59.7 Å². The zero-order valence-corrected chi connectivity index (χ0v) is 15.9. The lowest BCUT2D eigenvalue weighted by Crippen LogP contribution is -2.43. The molecule has 0 N–H and O–H groups in total. The van der Waals surface area contributed by atoms with Crippen molar-refractivity contribution in [2.75, 3.05) is 38.7 Å². The van der Waals surface area contributed by atoms with Gasteiger partial charge in [-0.1, -0.05) is 19.0 Å². The first kappa shape index (κ1) is 18.3. The van der Waals surface area contributed by atoms with E-state index in [1.165, 1.54) is 0 Å². The normalized spacial score (nSPS) is 17.6. The minimum absolute atomic E-state index is 0.0731. The molecule has 26 heavy (non-hydrogen) atoms.